The number of halogens is 1. The Bertz CT molecular complexity index is 1150. The third kappa shape index (κ3) is 4.66. The van der Waals surface area contributed by atoms with E-state index in [2.05, 4.69) is 29.8 Å². The molecule has 0 unspecified atom stereocenters. The van der Waals surface area contributed by atoms with Gasteiger partial charge in [-0.1, -0.05) is 18.2 Å². The van der Waals surface area contributed by atoms with Crippen LogP contribution in [0.4, 0.5) is 5.69 Å². The van der Waals surface area contributed by atoms with Crippen molar-refractivity contribution in [3.8, 4) is 11.3 Å². The number of carbonyl (C=O) groups excluding carboxylic acids is 1. The van der Waals surface area contributed by atoms with Crippen molar-refractivity contribution in [2.75, 3.05) is 5.32 Å². The molecule has 0 spiro atoms. The summed E-state index contributed by atoms with van der Waals surface area (Å²) in [7, 11) is 0. The molecule has 0 bridgehead atoms. The topological polar surface area (TPSA) is 60.1 Å². The van der Waals surface area contributed by atoms with Gasteiger partial charge in [-0.3, -0.25) is 4.79 Å². The monoisotopic (exact) mass is 441 g/mol. The molecule has 1 N–H and O–H groups in total. The lowest BCUT2D eigenvalue weighted by Crippen LogP contribution is -2.14. The Morgan fingerprint density at radius 3 is 2.70 bits per heavy atom. The van der Waals surface area contributed by atoms with Crippen molar-refractivity contribution < 1.29 is 9.21 Å². The van der Waals surface area contributed by atoms with Gasteiger partial charge in [-0.25, -0.2) is 4.98 Å². The molecule has 0 atom stereocenters. The van der Waals surface area contributed by atoms with E-state index in [1.807, 2.05) is 48.7 Å². The number of amides is 1. The number of benzene rings is 1. The minimum atomic E-state index is -0.0523. The first-order valence-electron chi connectivity index (χ1n) is 9.50. The Morgan fingerprint density at radius 1 is 1.17 bits per heavy atom. The lowest BCUT2D eigenvalue weighted by molar-refractivity contribution is -0.115. The quantitative estimate of drug-likeness (QED) is 0.412. The number of furan rings is 1. The van der Waals surface area contributed by atoms with Crippen LogP contribution in [-0.4, -0.2) is 15.5 Å². The van der Waals surface area contributed by atoms with Gasteiger partial charge >= 0.3 is 0 Å². The van der Waals surface area contributed by atoms with Gasteiger partial charge in [-0.15, -0.1) is 23.7 Å². The van der Waals surface area contributed by atoms with E-state index in [4.69, 9.17) is 9.40 Å². The molecule has 5 nitrogen and oxygen atoms in total. The van der Waals surface area contributed by atoms with Gasteiger partial charge in [0.25, 0.3) is 0 Å². The van der Waals surface area contributed by atoms with E-state index in [1.165, 1.54) is 11.3 Å². The molecule has 0 fully saturated rings. The van der Waals surface area contributed by atoms with Crippen molar-refractivity contribution in [2.24, 2.45) is 0 Å². The summed E-state index contributed by atoms with van der Waals surface area (Å²) in [6, 6.07) is 13.8. The van der Waals surface area contributed by atoms with Crippen LogP contribution in [0.2, 0.25) is 0 Å². The smallest absolute Gasteiger partial charge is 0.231 e. The zero-order chi connectivity index (χ0) is 20.4. The van der Waals surface area contributed by atoms with Crippen molar-refractivity contribution in [1.29, 1.82) is 0 Å². The van der Waals surface area contributed by atoms with Gasteiger partial charge in [0.15, 0.2) is 0 Å². The number of rotatable bonds is 6. The second kappa shape index (κ2) is 9.32. The summed E-state index contributed by atoms with van der Waals surface area (Å²) in [5.41, 5.74) is 6.18. The molecule has 1 aromatic carbocycles. The third-order valence-corrected chi connectivity index (χ3v) is 5.88. The Morgan fingerprint density at radius 2 is 1.97 bits per heavy atom. The molecule has 0 saturated carbocycles. The van der Waals surface area contributed by atoms with Crippen LogP contribution in [0.3, 0.4) is 0 Å². The predicted octanol–water partition coefficient (Wildman–Crippen LogP) is 5.78. The van der Waals surface area contributed by atoms with E-state index in [-0.39, 0.29) is 24.7 Å². The fourth-order valence-electron chi connectivity index (χ4n) is 3.42. The van der Waals surface area contributed by atoms with Crippen LogP contribution in [0, 0.1) is 20.8 Å². The molecule has 0 saturated heterocycles. The van der Waals surface area contributed by atoms with Gasteiger partial charge in [-0.05, 0) is 50.6 Å². The normalized spacial score (nSPS) is 10.6. The first kappa shape index (κ1) is 21.9. The summed E-state index contributed by atoms with van der Waals surface area (Å²) in [5, 5.41) is 5.80. The fourth-order valence-corrected chi connectivity index (χ4v) is 4.22. The van der Waals surface area contributed by atoms with Crippen molar-refractivity contribution in [3.63, 3.8) is 0 Å². The van der Waals surface area contributed by atoms with Gasteiger partial charge in [0.05, 0.1) is 24.9 Å². The van der Waals surface area contributed by atoms with Gasteiger partial charge in [0.2, 0.25) is 5.91 Å². The molecule has 1 amide bonds. The van der Waals surface area contributed by atoms with Crippen LogP contribution in [0.1, 0.15) is 27.7 Å². The highest BCUT2D eigenvalue weighted by Gasteiger charge is 2.16. The molecule has 0 aliphatic carbocycles. The van der Waals surface area contributed by atoms with E-state index in [1.54, 1.807) is 6.26 Å². The minimum absolute atomic E-state index is 0. The molecule has 0 aliphatic heterocycles. The van der Waals surface area contributed by atoms with Gasteiger partial charge in [-0.2, -0.15) is 0 Å². The highest BCUT2D eigenvalue weighted by atomic mass is 35.5. The highest BCUT2D eigenvalue weighted by molar-refractivity contribution is 7.10. The fraction of sp³-hybridized carbons (Fsp3) is 0.217. The van der Waals surface area contributed by atoms with E-state index in [0.29, 0.717) is 6.54 Å². The van der Waals surface area contributed by atoms with Crippen molar-refractivity contribution in [3.05, 3.63) is 81.8 Å². The molecule has 30 heavy (non-hydrogen) atoms. The van der Waals surface area contributed by atoms with Gasteiger partial charge in [0.1, 0.15) is 10.8 Å². The molecule has 156 valence electrons. The minimum Gasteiger partial charge on any atom is -0.467 e. The molecule has 4 aromatic rings. The second-order valence-corrected chi connectivity index (χ2v) is 8.06. The zero-order valence-corrected chi connectivity index (χ0v) is 18.8. The maximum Gasteiger partial charge on any atom is 0.231 e. The van der Waals surface area contributed by atoms with Crippen LogP contribution in [0.5, 0.6) is 0 Å². The molecule has 7 heteroatoms. The summed E-state index contributed by atoms with van der Waals surface area (Å²) < 4.78 is 7.71. The van der Waals surface area contributed by atoms with E-state index >= 15 is 0 Å². The largest absolute Gasteiger partial charge is 0.467 e. The number of hydrogen-bond acceptors (Lipinski definition) is 4. The summed E-state index contributed by atoms with van der Waals surface area (Å²) in [6.45, 7) is 6.85. The number of thiazole rings is 1. The molecule has 4 rings (SSSR count). The molecule has 3 aromatic heterocycles. The third-order valence-electron chi connectivity index (χ3n) is 5.03. The van der Waals surface area contributed by atoms with Crippen molar-refractivity contribution in [1.82, 2.24) is 9.55 Å². The van der Waals surface area contributed by atoms with Crippen LogP contribution in [0.15, 0.2) is 58.5 Å². The van der Waals surface area contributed by atoms with Gasteiger partial charge < -0.3 is 14.3 Å². The van der Waals surface area contributed by atoms with Crippen LogP contribution < -0.4 is 5.32 Å². The highest BCUT2D eigenvalue weighted by Crippen LogP contribution is 2.29. The first-order chi connectivity index (χ1) is 14.0. The summed E-state index contributed by atoms with van der Waals surface area (Å²) in [5.74, 6) is 0.869. The Balaban J connectivity index is 0.00000256. The Hall–Kier alpha value is -2.83. The van der Waals surface area contributed by atoms with E-state index in [0.717, 1.165) is 44.7 Å². The number of aryl methyl sites for hydroxylation is 2. The maximum absolute atomic E-state index is 12.4. The maximum atomic E-state index is 12.4. The van der Waals surface area contributed by atoms with Crippen LogP contribution >= 0.6 is 23.7 Å². The van der Waals surface area contributed by atoms with E-state index < -0.39 is 0 Å². The number of carbonyl (C=O) groups is 1. The average Bonchev–Trinajstić information content (AvgIpc) is 3.42. The summed E-state index contributed by atoms with van der Waals surface area (Å²) in [4.78, 5) is 17.1. The lowest BCUT2D eigenvalue weighted by atomic mass is 10.2. The number of hydrogen-bond donors (Lipinski definition) is 1. The Labute approximate surface area is 186 Å². The summed E-state index contributed by atoms with van der Waals surface area (Å²) in [6.07, 6.45) is 1.96. The number of para-hydroxylation sites is 1. The SMILES string of the molecule is Cc1ccccc1NC(=O)Cc1nc(-c2cc(C)n(Cc3ccco3)c2C)cs1.Cl. The molecular weight excluding hydrogens is 418 g/mol. The number of nitrogens with zero attached hydrogens (tertiary/aromatic N) is 2. The number of aromatic nitrogens is 2. The molecule has 0 radical (unpaired) electrons. The van der Waals surface area contributed by atoms with E-state index in [9.17, 15) is 4.79 Å². The van der Waals surface area contributed by atoms with Gasteiger partial charge in [0, 0.05) is 28.0 Å². The standard InChI is InChI=1S/C23H23N3O2S.ClH/c1-15-7-4-5-9-20(15)24-22(27)12-23-25-21(14-29-23)19-11-16(2)26(17(19)3)13-18-8-6-10-28-18;/h4-11,14H,12-13H2,1-3H3,(H,24,27);1H. The molecule has 0 aliphatic rings. The summed E-state index contributed by atoms with van der Waals surface area (Å²) >= 11 is 1.52. The predicted molar refractivity (Wildman–Crippen MR) is 124 cm³/mol. The molecular formula is C23H24ClN3O2S. The van der Waals surface area contributed by atoms with Crippen LogP contribution in [-0.2, 0) is 17.8 Å². The number of nitrogens with one attached hydrogen (secondary N) is 1. The lowest BCUT2D eigenvalue weighted by Gasteiger charge is -2.07. The second-order valence-electron chi connectivity index (χ2n) is 7.12. The zero-order valence-electron chi connectivity index (χ0n) is 17.1. The number of anilines is 1. The average molecular weight is 442 g/mol. The molecule has 3 heterocycles. The van der Waals surface area contributed by atoms with Crippen molar-refractivity contribution >= 4 is 35.3 Å². The van der Waals surface area contributed by atoms with Crippen molar-refractivity contribution in [2.45, 2.75) is 33.7 Å². The Kier molecular flexibility index (Phi) is 6.80. The van der Waals surface area contributed by atoms with Crippen LogP contribution in [0.25, 0.3) is 11.3 Å². The first-order valence-corrected chi connectivity index (χ1v) is 10.4.